The van der Waals surface area contributed by atoms with E-state index >= 15 is 0 Å². The zero-order chi connectivity index (χ0) is 21.5. The Balaban J connectivity index is 1.43. The van der Waals surface area contributed by atoms with Gasteiger partial charge in [-0.3, -0.25) is 4.79 Å². The summed E-state index contributed by atoms with van der Waals surface area (Å²) in [6, 6.07) is 28.5. The Morgan fingerprint density at radius 3 is 2.03 bits per heavy atom. The molecule has 0 spiro atoms. The fourth-order valence-electron chi connectivity index (χ4n) is 4.16. The molecule has 1 aliphatic heterocycles. The Bertz CT molecular complexity index is 929. The standard InChI is InChI=1S/C27H30N2O2/c1-28(20-24-16-8-9-17-25(24)29-18-10-11-19-29)26(30)21-31-27(22-12-4-2-5-13-22)23-14-6-3-7-15-23/h2-9,12-17,27H,10-11,18-21H2,1H3. The van der Waals surface area contributed by atoms with Crippen LogP contribution in [0.2, 0.25) is 0 Å². The second-order valence-electron chi connectivity index (χ2n) is 8.09. The quantitative estimate of drug-likeness (QED) is 0.517. The van der Waals surface area contributed by atoms with E-state index in [9.17, 15) is 4.79 Å². The summed E-state index contributed by atoms with van der Waals surface area (Å²) in [7, 11) is 1.85. The molecule has 0 bridgehead atoms. The molecule has 31 heavy (non-hydrogen) atoms. The predicted molar refractivity (Wildman–Crippen MR) is 125 cm³/mol. The maximum atomic E-state index is 12.9. The zero-order valence-electron chi connectivity index (χ0n) is 18.1. The molecule has 0 atom stereocenters. The highest BCUT2D eigenvalue weighted by Crippen LogP contribution is 2.27. The van der Waals surface area contributed by atoms with Crippen molar-refractivity contribution in [2.45, 2.75) is 25.5 Å². The Kier molecular flexibility index (Phi) is 7.00. The lowest BCUT2D eigenvalue weighted by molar-refractivity contribution is -0.136. The summed E-state index contributed by atoms with van der Waals surface area (Å²) in [6.45, 7) is 2.80. The van der Waals surface area contributed by atoms with Gasteiger partial charge in [0.05, 0.1) is 0 Å². The van der Waals surface area contributed by atoms with E-state index in [2.05, 4.69) is 23.1 Å². The van der Waals surface area contributed by atoms with Gasteiger partial charge in [0.2, 0.25) is 5.91 Å². The molecule has 3 aromatic carbocycles. The van der Waals surface area contributed by atoms with Crippen molar-refractivity contribution in [3.8, 4) is 0 Å². The SMILES string of the molecule is CN(Cc1ccccc1N1CCCC1)C(=O)COC(c1ccccc1)c1ccccc1. The van der Waals surface area contributed by atoms with Gasteiger partial charge >= 0.3 is 0 Å². The van der Waals surface area contributed by atoms with E-state index in [0.29, 0.717) is 6.54 Å². The number of rotatable bonds is 8. The number of amides is 1. The van der Waals surface area contributed by atoms with Crippen molar-refractivity contribution in [3.63, 3.8) is 0 Å². The maximum absolute atomic E-state index is 12.9. The van der Waals surface area contributed by atoms with Gasteiger partial charge < -0.3 is 14.5 Å². The molecule has 3 aromatic rings. The highest BCUT2D eigenvalue weighted by molar-refractivity contribution is 5.77. The number of hydrogen-bond acceptors (Lipinski definition) is 3. The smallest absolute Gasteiger partial charge is 0.248 e. The second kappa shape index (κ2) is 10.3. The number of nitrogens with zero attached hydrogens (tertiary/aromatic N) is 2. The summed E-state index contributed by atoms with van der Waals surface area (Å²) in [5.74, 6) is -0.0203. The molecular weight excluding hydrogens is 384 g/mol. The van der Waals surface area contributed by atoms with Crippen LogP contribution in [0.4, 0.5) is 5.69 Å². The molecule has 1 fully saturated rings. The van der Waals surface area contributed by atoms with Crippen molar-refractivity contribution in [2.75, 3.05) is 31.6 Å². The molecule has 0 aromatic heterocycles. The Hall–Kier alpha value is -3.11. The normalized spacial score (nSPS) is 13.5. The number of ether oxygens (including phenoxy) is 1. The summed E-state index contributed by atoms with van der Waals surface area (Å²) in [5, 5.41) is 0. The van der Waals surface area contributed by atoms with Gasteiger partial charge in [0, 0.05) is 32.4 Å². The zero-order valence-corrected chi connectivity index (χ0v) is 18.1. The van der Waals surface area contributed by atoms with Gasteiger partial charge in [0.25, 0.3) is 0 Å². The van der Waals surface area contributed by atoms with Crippen LogP contribution in [-0.2, 0) is 16.1 Å². The number of hydrogen-bond donors (Lipinski definition) is 0. The van der Waals surface area contributed by atoms with Crippen molar-refractivity contribution in [1.29, 1.82) is 0 Å². The lowest BCUT2D eigenvalue weighted by atomic mass is 10.0. The van der Waals surface area contributed by atoms with E-state index in [1.54, 1.807) is 4.90 Å². The highest BCUT2D eigenvalue weighted by Gasteiger charge is 2.20. The van der Waals surface area contributed by atoms with Gasteiger partial charge in [-0.05, 0) is 35.6 Å². The van der Waals surface area contributed by atoms with Crippen LogP contribution in [0.3, 0.4) is 0 Å². The van der Waals surface area contributed by atoms with Gasteiger partial charge in [0.1, 0.15) is 12.7 Å². The lowest BCUT2D eigenvalue weighted by Crippen LogP contribution is -2.31. The molecule has 0 unspecified atom stereocenters. The number of anilines is 1. The first-order valence-corrected chi connectivity index (χ1v) is 11.0. The minimum absolute atomic E-state index is 0.0203. The molecule has 0 aliphatic carbocycles. The molecule has 1 aliphatic rings. The fraction of sp³-hybridized carbons (Fsp3) is 0.296. The van der Waals surface area contributed by atoms with Gasteiger partial charge in [0.15, 0.2) is 0 Å². The van der Waals surface area contributed by atoms with Crippen molar-refractivity contribution in [2.24, 2.45) is 0 Å². The van der Waals surface area contributed by atoms with E-state index in [4.69, 9.17) is 4.74 Å². The van der Waals surface area contributed by atoms with E-state index in [-0.39, 0.29) is 18.6 Å². The molecule has 4 heteroatoms. The minimum atomic E-state index is -0.267. The summed E-state index contributed by atoms with van der Waals surface area (Å²) in [4.78, 5) is 17.1. The van der Waals surface area contributed by atoms with Crippen LogP contribution in [0, 0.1) is 0 Å². The molecular formula is C27H30N2O2. The van der Waals surface area contributed by atoms with Crippen LogP contribution < -0.4 is 4.90 Å². The summed E-state index contributed by atoms with van der Waals surface area (Å²) < 4.78 is 6.16. The lowest BCUT2D eigenvalue weighted by Gasteiger charge is -2.25. The predicted octanol–water partition coefficient (Wildman–Crippen LogP) is 5.05. The number of para-hydroxylation sites is 1. The highest BCUT2D eigenvalue weighted by atomic mass is 16.5. The monoisotopic (exact) mass is 414 g/mol. The van der Waals surface area contributed by atoms with Crippen LogP contribution in [0.15, 0.2) is 84.9 Å². The van der Waals surface area contributed by atoms with E-state index in [1.165, 1.54) is 24.1 Å². The second-order valence-corrected chi connectivity index (χ2v) is 8.09. The summed E-state index contributed by atoms with van der Waals surface area (Å²) in [5.41, 5.74) is 4.52. The topological polar surface area (TPSA) is 32.8 Å². The molecule has 0 N–H and O–H groups in total. The number of carbonyl (C=O) groups is 1. The molecule has 4 rings (SSSR count). The largest absolute Gasteiger partial charge is 0.371 e. The van der Waals surface area contributed by atoms with E-state index in [0.717, 1.165) is 24.2 Å². The molecule has 4 nitrogen and oxygen atoms in total. The average Bonchev–Trinajstić information content (AvgIpc) is 3.36. The van der Waals surface area contributed by atoms with Gasteiger partial charge in [-0.1, -0.05) is 78.9 Å². The third-order valence-electron chi connectivity index (χ3n) is 5.85. The maximum Gasteiger partial charge on any atom is 0.248 e. The van der Waals surface area contributed by atoms with E-state index in [1.807, 2.05) is 73.8 Å². The van der Waals surface area contributed by atoms with Crippen molar-refractivity contribution >= 4 is 11.6 Å². The average molecular weight is 415 g/mol. The Labute approximate surface area is 185 Å². The molecule has 0 saturated carbocycles. The van der Waals surface area contributed by atoms with Crippen molar-refractivity contribution < 1.29 is 9.53 Å². The number of benzene rings is 3. The van der Waals surface area contributed by atoms with Crippen LogP contribution in [0.1, 0.15) is 35.6 Å². The van der Waals surface area contributed by atoms with Gasteiger partial charge in [-0.2, -0.15) is 0 Å². The van der Waals surface area contributed by atoms with Crippen molar-refractivity contribution in [3.05, 3.63) is 102 Å². The minimum Gasteiger partial charge on any atom is -0.371 e. The Morgan fingerprint density at radius 1 is 0.871 bits per heavy atom. The third kappa shape index (κ3) is 5.33. The first kappa shape index (κ1) is 21.1. The summed E-state index contributed by atoms with van der Waals surface area (Å²) >= 11 is 0. The molecule has 0 radical (unpaired) electrons. The van der Waals surface area contributed by atoms with Crippen LogP contribution in [-0.4, -0.2) is 37.6 Å². The molecule has 1 saturated heterocycles. The number of carbonyl (C=O) groups excluding carboxylic acids is 1. The van der Waals surface area contributed by atoms with Crippen LogP contribution in [0.25, 0.3) is 0 Å². The first-order chi connectivity index (χ1) is 15.2. The Morgan fingerprint density at radius 2 is 1.42 bits per heavy atom. The summed E-state index contributed by atoms with van der Waals surface area (Å²) in [6.07, 6.45) is 2.20. The van der Waals surface area contributed by atoms with Gasteiger partial charge in [-0.15, -0.1) is 0 Å². The number of likely N-dealkylation sites (N-methyl/N-ethyl adjacent to an activating group) is 1. The van der Waals surface area contributed by atoms with Crippen molar-refractivity contribution in [1.82, 2.24) is 4.90 Å². The fourth-order valence-corrected chi connectivity index (χ4v) is 4.16. The first-order valence-electron chi connectivity index (χ1n) is 11.0. The third-order valence-corrected chi connectivity index (χ3v) is 5.85. The van der Waals surface area contributed by atoms with E-state index < -0.39 is 0 Å². The van der Waals surface area contributed by atoms with Crippen LogP contribution >= 0.6 is 0 Å². The molecule has 1 heterocycles. The van der Waals surface area contributed by atoms with Gasteiger partial charge in [-0.25, -0.2) is 0 Å². The van der Waals surface area contributed by atoms with Crippen LogP contribution in [0.5, 0.6) is 0 Å². The molecule has 1 amide bonds. The molecule has 160 valence electrons.